The Morgan fingerprint density at radius 1 is 0.857 bits per heavy atom. The van der Waals surface area contributed by atoms with Crippen molar-refractivity contribution in [2.24, 2.45) is 0 Å². The Morgan fingerprint density at radius 3 is 2.11 bits per heavy atom. The minimum atomic E-state index is -1.02. The van der Waals surface area contributed by atoms with Crippen LogP contribution >= 0.6 is 0 Å². The zero-order valence-corrected chi connectivity index (χ0v) is 19.9. The monoisotopic (exact) mass is 476 g/mol. The lowest BCUT2D eigenvalue weighted by Gasteiger charge is -2.16. The molecule has 7 heteroatoms. The normalized spacial score (nSPS) is 11.7. The first-order chi connectivity index (χ1) is 16.9. The fourth-order valence-corrected chi connectivity index (χ4v) is 3.31. The Hall–Kier alpha value is -4.10. The summed E-state index contributed by atoms with van der Waals surface area (Å²) < 4.78 is 21.9. The second-order valence-electron chi connectivity index (χ2n) is 7.60. The van der Waals surface area contributed by atoms with E-state index >= 15 is 0 Å². The van der Waals surface area contributed by atoms with Gasteiger partial charge in [-0.2, -0.15) is 0 Å². The summed E-state index contributed by atoms with van der Waals surface area (Å²) in [6, 6.07) is 19.5. The van der Waals surface area contributed by atoms with E-state index in [1.54, 1.807) is 48.6 Å². The van der Waals surface area contributed by atoms with Gasteiger partial charge in [-0.25, -0.2) is 0 Å². The van der Waals surface area contributed by atoms with Gasteiger partial charge in [0.25, 0.3) is 0 Å². The maximum Gasteiger partial charge on any atom is 0.308 e. The molecule has 1 N–H and O–H groups in total. The van der Waals surface area contributed by atoms with Gasteiger partial charge in [0, 0.05) is 37.1 Å². The molecule has 0 saturated carbocycles. The van der Waals surface area contributed by atoms with E-state index in [2.05, 4.69) is 0 Å². The molecule has 35 heavy (non-hydrogen) atoms. The smallest absolute Gasteiger partial charge is 0.308 e. The molecule has 0 amide bonds. The van der Waals surface area contributed by atoms with Gasteiger partial charge in [-0.1, -0.05) is 42.5 Å². The summed E-state index contributed by atoms with van der Waals surface area (Å²) in [4.78, 5) is 22.6. The second kappa shape index (κ2) is 12.4. The van der Waals surface area contributed by atoms with E-state index in [-0.39, 0.29) is 6.61 Å². The topological polar surface area (TPSA) is 91.3 Å². The third kappa shape index (κ3) is 7.72. The summed E-state index contributed by atoms with van der Waals surface area (Å²) in [5.41, 5.74) is 2.16. The highest BCUT2D eigenvalue weighted by Crippen LogP contribution is 2.33. The number of hydrogen-bond donors (Lipinski definition) is 1. The average Bonchev–Trinajstić information content (AvgIpc) is 2.82. The number of carbonyl (C=O) groups excluding carboxylic acids is 2. The molecule has 0 spiro atoms. The number of hydrogen-bond acceptors (Lipinski definition) is 7. The number of carbonyl (C=O) groups is 2. The summed E-state index contributed by atoms with van der Waals surface area (Å²) in [7, 11) is 0. The van der Waals surface area contributed by atoms with Crippen LogP contribution in [0.15, 0.2) is 72.8 Å². The van der Waals surface area contributed by atoms with Crippen molar-refractivity contribution in [1.82, 2.24) is 0 Å². The predicted molar refractivity (Wildman–Crippen MR) is 131 cm³/mol. The predicted octanol–water partition coefficient (Wildman–Crippen LogP) is 5.26. The molecule has 3 aromatic carbocycles. The highest BCUT2D eigenvalue weighted by molar-refractivity contribution is 5.70. The molecule has 7 nitrogen and oxygen atoms in total. The van der Waals surface area contributed by atoms with Crippen LogP contribution in [0.1, 0.15) is 43.6 Å². The van der Waals surface area contributed by atoms with E-state index in [4.69, 9.17) is 18.9 Å². The van der Waals surface area contributed by atoms with Crippen LogP contribution in [0.3, 0.4) is 0 Å². The summed E-state index contributed by atoms with van der Waals surface area (Å²) in [5.74, 6) is 0.719. The van der Waals surface area contributed by atoms with Gasteiger partial charge in [0.15, 0.2) is 0 Å². The molecule has 0 fully saturated rings. The Balaban J connectivity index is 1.86. The second-order valence-corrected chi connectivity index (χ2v) is 7.60. The van der Waals surface area contributed by atoms with Gasteiger partial charge in [0.2, 0.25) is 0 Å². The Labute approximate surface area is 204 Å². The number of esters is 2. The molecule has 0 radical (unpaired) electrons. The van der Waals surface area contributed by atoms with E-state index < -0.39 is 18.0 Å². The Kier molecular flexibility index (Phi) is 9.03. The largest absolute Gasteiger partial charge is 0.493 e. The van der Waals surface area contributed by atoms with Crippen molar-refractivity contribution in [2.45, 2.75) is 33.5 Å². The first kappa shape index (κ1) is 25.5. The average molecular weight is 477 g/mol. The summed E-state index contributed by atoms with van der Waals surface area (Å²) in [5, 5.41) is 10.9. The third-order valence-electron chi connectivity index (χ3n) is 4.81. The molecule has 0 aliphatic rings. The van der Waals surface area contributed by atoms with Crippen LogP contribution in [-0.4, -0.2) is 23.7 Å². The van der Waals surface area contributed by atoms with Crippen LogP contribution in [0.4, 0.5) is 0 Å². The first-order valence-corrected chi connectivity index (χ1v) is 11.2. The van der Waals surface area contributed by atoms with Crippen molar-refractivity contribution in [3.05, 3.63) is 89.5 Å². The number of aliphatic hydroxyl groups excluding tert-OH is 1. The maximum absolute atomic E-state index is 11.4. The zero-order chi connectivity index (χ0) is 25.2. The third-order valence-corrected chi connectivity index (χ3v) is 4.81. The van der Waals surface area contributed by atoms with Crippen molar-refractivity contribution in [3.8, 4) is 23.0 Å². The van der Waals surface area contributed by atoms with Gasteiger partial charge in [-0.15, -0.1) is 0 Å². The molecule has 0 aromatic heterocycles. The van der Waals surface area contributed by atoms with Crippen LogP contribution in [0, 0.1) is 0 Å². The van der Waals surface area contributed by atoms with Crippen molar-refractivity contribution >= 4 is 18.0 Å². The van der Waals surface area contributed by atoms with E-state index in [1.165, 1.54) is 13.8 Å². The quantitative estimate of drug-likeness (QED) is 0.315. The molecule has 0 saturated heterocycles. The number of aliphatic hydroxyl groups is 1. The van der Waals surface area contributed by atoms with Crippen molar-refractivity contribution in [1.29, 1.82) is 0 Å². The molecule has 0 bridgehead atoms. The van der Waals surface area contributed by atoms with Crippen LogP contribution in [0.5, 0.6) is 23.0 Å². The summed E-state index contributed by atoms with van der Waals surface area (Å²) in [6.45, 7) is 5.19. The number of benzene rings is 3. The SMILES string of the molecule is CCOc1cc(OC(C)=O)ccc1C=CC(O)c1ccc(OC(C)=O)cc1OCc1ccccc1. The molecule has 1 atom stereocenters. The van der Waals surface area contributed by atoms with Crippen LogP contribution in [-0.2, 0) is 16.2 Å². The van der Waals surface area contributed by atoms with Gasteiger partial charge >= 0.3 is 11.9 Å². The molecular weight excluding hydrogens is 448 g/mol. The van der Waals surface area contributed by atoms with E-state index in [9.17, 15) is 14.7 Å². The van der Waals surface area contributed by atoms with Gasteiger partial charge in [-0.3, -0.25) is 9.59 Å². The molecular formula is C28H28O7. The lowest BCUT2D eigenvalue weighted by atomic mass is 10.1. The highest BCUT2D eigenvalue weighted by atomic mass is 16.5. The van der Waals surface area contributed by atoms with Gasteiger partial charge in [-0.05, 0) is 36.8 Å². The minimum Gasteiger partial charge on any atom is -0.493 e. The first-order valence-electron chi connectivity index (χ1n) is 11.2. The fraction of sp³-hybridized carbons (Fsp3) is 0.214. The van der Waals surface area contributed by atoms with Crippen LogP contribution < -0.4 is 18.9 Å². The van der Waals surface area contributed by atoms with Crippen molar-refractivity contribution < 1.29 is 33.6 Å². The van der Waals surface area contributed by atoms with Gasteiger partial charge in [0.1, 0.15) is 35.7 Å². The van der Waals surface area contributed by atoms with Crippen molar-refractivity contribution in [3.63, 3.8) is 0 Å². The Morgan fingerprint density at radius 2 is 1.49 bits per heavy atom. The molecule has 182 valence electrons. The maximum atomic E-state index is 11.4. The molecule has 1 unspecified atom stereocenters. The summed E-state index contributed by atoms with van der Waals surface area (Å²) in [6.07, 6.45) is 2.29. The molecule has 3 aromatic rings. The number of rotatable bonds is 10. The van der Waals surface area contributed by atoms with E-state index in [0.717, 1.165) is 5.56 Å². The van der Waals surface area contributed by atoms with Gasteiger partial charge < -0.3 is 24.1 Å². The number of ether oxygens (including phenoxy) is 4. The van der Waals surface area contributed by atoms with Gasteiger partial charge in [0.05, 0.1) is 6.61 Å². The fourth-order valence-electron chi connectivity index (χ4n) is 3.31. The zero-order valence-electron chi connectivity index (χ0n) is 19.9. The van der Waals surface area contributed by atoms with E-state index in [0.29, 0.717) is 40.7 Å². The Bertz CT molecular complexity index is 1190. The lowest BCUT2D eigenvalue weighted by Crippen LogP contribution is -2.05. The lowest BCUT2D eigenvalue weighted by molar-refractivity contribution is -0.132. The molecule has 3 rings (SSSR count). The van der Waals surface area contributed by atoms with Crippen molar-refractivity contribution in [2.75, 3.05) is 6.61 Å². The van der Waals surface area contributed by atoms with E-state index in [1.807, 2.05) is 37.3 Å². The molecule has 0 heterocycles. The van der Waals surface area contributed by atoms with Crippen LogP contribution in [0.2, 0.25) is 0 Å². The van der Waals surface area contributed by atoms with Crippen LogP contribution in [0.25, 0.3) is 6.08 Å². The molecule has 0 aliphatic heterocycles. The standard InChI is InChI=1S/C28H28O7/c1-4-32-27-16-23(34-19(2)29)12-10-22(27)11-15-26(31)25-14-13-24(35-20(3)30)17-28(25)33-18-21-8-6-5-7-9-21/h5-17,26,31H,4,18H2,1-3H3. The highest BCUT2D eigenvalue weighted by Gasteiger charge is 2.15. The summed E-state index contributed by atoms with van der Waals surface area (Å²) >= 11 is 0. The minimum absolute atomic E-state index is 0.278. The molecule has 0 aliphatic carbocycles.